The van der Waals surface area contributed by atoms with Crippen LogP contribution in [0.2, 0.25) is 0 Å². The molecule has 1 amide bonds. The van der Waals surface area contributed by atoms with Gasteiger partial charge in [-0.15, -0.1) is 0 Å². The lowest BCUT2D eigenvalue weighted by molar-refractivity contribution is -0.172. The number of hydrazone groups is 1. The van der Waals surface area contributed by atoms with Gasteiger partial charge in [-0.1, -0.05) is 39.8 Å². The van der Waals surface area contributed by atoms with Crippen molar-refractivity contribution in [2.24, 2.45) is 21.9 Å². The Morgan fingerprint density at radius 3 is 2.19 bits per heavy atom. The van der Waals surface area contributed by atoms with Crippen LogP contribution < -0.4 is 20.5 Å². The van der Waals surface area contributed by atoms with Crippen LogP contribution in [0, 0.1) is 11.8 Å². The van der Waals surface area contributed by atoms with Gasteiger partial charge in [0.1, 0.15) is 24.7 Å². The Kier molecular flexibility index (Phi) is 17.4. The minimum absolute atomic E-state index is 0.00622. The molecule has 16 heteroatoms. The highest BCUT2D eigenvalue weighted by atomic mass is 16.6. The van der Waals surface area contributed by atoms with Crippen molar-refractivity contribution in [3.8, 4) is 11.5 Å². The number of pyridine rings is 1. The van der Waals surface area contributed by atoms with Gasteiger partial charge in [0.25, 0.3) is 11.5 Å². The molecule has 2 aromatic carbocycles. The topological polar surface area (TPSA) is 187 Å². The average molecular weight is 875 g/mol. The van der Waals surface area contributed by atoms with Gasteiger partial charge in [-0.05, 0) is 80.0 Å². The number of nitrogens with one attached hydrogen (secondary N) is 1. The van der Waals surface area contributed by atoms with E-state index >= 15 is 0 Å². The van der Waals surface area contributed by atoms with Gasteiger partial charge in [-0.2, -0.15) is 5.10 Å². The Morgan fingerprint density at radius 2 is 1.54 bits per heavy atom. The van der Waals surface area contributed by atoms with Crippen LogP contribution in [-0.2, 0) is 56.8 Å². The van der Waals surface area contributed by atoms with Crippen molar-refractivity contribution in [1.82, 2.24) is 9.99 Å². The van der Waals surface area contributed by atoms with E-state index in [-0.39, 0.29) is 37.0 Å². The number of cyclic esters (lactones) is 1. The Morgan fingerprint density at radius 1 is 0.889 bits per heavy atom. The van der Waals surface area contributed by atoms with Crippen molar-refractivity contribution in [3.05, 3.63) is 86.8 Å². The first-order valence-electron chi connectivity index (χ1n) is 22.0. The first kappa shape index (κ1) is 47.5. The zero-order valence-corrected chi connectivity index (χ0v) is 37.2. The quantitative estimate of drug-likeness (QED) is 0.0466. The van der Waals surface area contributed by atoms with Gasteiger partial charge in [0.15, 0.2) is 12.2 Å². The SMILES string of the molecule is CCC1c2cc(OCC(=O)N/N=C(\C)c3cccc(OCCOCCOCCOCCOCCOCCC(C)C)c3)ccc2N=C2c3cc4c(c(=O)n3CC21)COC(=O)[C@]4(O)CC. The molecule has 4 heterocycles. The summed E-state index contributed by atoms with van der Waals surface area (Å²) in [6.07, 6.45) is 1.90. The fraction of sp³-hybridized carbons (Fsp3) is 0.553. The Balaban J connectivity index is 0.893. The summed E-state index contributed by atoms with van der Waals surface area (Å²) in [5.74, 6) is 0.522. The van der Waals surface area contributed by atoms with Crippen molar-refractivity contribution in [3.63, 3.8) is 0 Å². The summed E-state index contributed by atoms with van der Waals surface area (Å²) < 4.78 is 46.4. The highest BCUT2D eigenvalue weighted by Gasteiger charge is 2.47. The number of nitrogens with zero attached hydrogens (tertiary/aromatic N) is 3. The molecule has 0 saturated heterocycles. The Hall–Kier alpha value is -4.97. The van der Waals surface area contributed by atoms with Crippen LogP contribution in [0.4, 0.5) is 5.69 Å². The minimum atomic E-state index is -1.88. The number of rotatable bonds is 26. The number of aliphatic imine (C=N–C) groups is 1. The second kappa shape index (κ2) is 23.1. The summed E-state index contributed by atoms with van der Waals surface area (Å²) in [6, 6.07) is 14.7. The molecule has 6 rings (SSSR count). The maximum atomic E-state index is 13.7. The lowest BCUT2D eigenvalue weighted by Gasteiger charge is -2.31. The Bertz CT molecular complexity index is 2150. The number of amides is 1. The number of carbonyl (C=O) groups excluding carboxylic acids is 2. The van der Waals surface area contributed by atoms with E-state index < -0.39 is 17.5 Å². The smallest absolute Gasteiger partial charge is 0.343 e. The third kappa shape index (κ3) is 12.2. The molecule has 342 valence electrons. The third-order valence-corrected chi connectivity index (χ3v) is 11.4. The number of aliphatic hydroxyl groups is 1. The second-order valence-electron chi connectivity index (χ2n) is 16.1. The zero-order chi connectivity index (χ0) is 44.8. The fourth-order valence-electron chi connectivity index (χ4n) is 7.82. The number of aromatic nitrogens is 1. The first-order chi connectivity index (χ1) is 30.5. The lowest BCUT2D eigenvalue weighted by atomic mass is 9.78. The van der Waals surface area contributed by atoms with Crippen LogP contribution in [-0.4, -0.2) is 112 Å². The number of hydrogen-bond acceptors (Lipinski definition) is 14. The summed E-state index contributed by atoms with van der Waals surface area (Å²) in [7, 11) is 0. The van der Waals surface area contributed by atoms with Gasteiger partial charge in [-0.25, -0.2) is 10.2 Å². The van der Waals surface area contributed by atoms with E-state index in [2.05, 4.69) is 31.3 Å². The second-order valence-corrected chi connectivity index (χ2v) is 16.1. The van der Waals surface area contributed by atoms with Crippen LogP contribution >= 0.6 is 0 Å². The molecule has 2 unspecified atom stereocenters. The van der Waals surface area contributed by atoms with E-state index in [1.54, 1.807) is 30.5 Å². The minimum Gasteiger partial charge on any atom is -0.491 e. The van der Waals surface area contributed by atoms with Crippen molar-refractivity contribution in [1.29, 1.82) is 0 Å². The molecular weight excluding hydrogens is 813 g/mol. The van der Waals surface area contributed by atoms with Crippen LogP contribution in [0.15, 0.2) is 63.4 Å². The number of fused-ring (bicyclic) bond motifs is 5. The molecule has 2 N–H and O–H groups in total. The number of ether oxygens (including phenoxy) is 8. The summed E-state index contributed by atoms with van der Waals surface area (Å²) in [5.41, 5.74) is 5.42. The summed E-state index contributed by atoms with van der Waals surface area (Å²) in [6.45, 7) is 15.5. The largest absolute Gasteiger partial charge is 0.491 e. The average Bonchev–Trinajstić information content (AvgIpc) is 3.65. The van der Waals surface area contributed by atoms with Gasteiger partial charge in [0, 0.05) is 30.2 Å². The molecule has 0 spiro atoms. The van der Waals surface area contributed by atoms with Crippen molar-refractivity contribution < 1.29 is 52.6 Å². The highest BCUT2D eigenvalue weighted by Crippen LogP contribution is 2.46. The van der Waals surface area contributed by atoms with E-state index in [0.29, 0.717) is 113 Å². The Labute approximate surface area is 368 Å². The molecule has 0 aliphatic carbocycles. The maximum Gasteiger partial charge on any atom is 0.343 e. The van der Waals surface area contributed by atoms with Crippen LogP contribution in [0.1, 0.15) is 87.7 Å². The summed E-state index contributed by atoms with van der Waals surface area (Å²) in [5, 5.41) is 15.5. The van der Waals surface area contributed by atoms with Gasteiger partial charge in [0.05, 0.1) is 87.8 Å². The molecule has 3 aliphatic heterocycles. The van der Waals surface area contributed by atoms with E-state index in [0.717, 1.165) is 42.0 Å². The monoisotopic (exact) mass is 874 g/mol. The highest BCUT2D eigenvalue weighted by molar-refractivity contribution is 6.06. The molecule has 0 bridgehead atoms. The number of esters is 1. The fourth-order valence-corrected chi connectivity index (χ4v) is 7.82. The van der Waals surface area contributed by atoms with Crippen LogP contribution in [0.25, 0.3) is 0 Å². The van der Waals surface area contributed by atoms with Crippen molar-refractivity contribution >= 4 is 29.0 Å². The molecule has 1 aromatic heterocycles. The van der Waals surface area contributed by atoms with Crippen molar-refractivity contribution in [2.75, 3.05) is 79.3 Å². The van der Waals surface area contributed by atoms with E-state index in [1.165, 1.54) is 0 Å². The molecular formula is C47H62N4O12. The molecule has 0 fully saturated rings. The molecule has 0 radical (unpaired) electrons. The van der Waals surface area contributed by atoms with Gasteiger partial charge >= 0.3 is 5.97 Å². The summed E-state index contributed by atoms with van der Waals surface area (Å²) in [4.78, 5) is 44.1. The van der Waals surface area contributed by atoms with E-state index in [4.69, 9.17) is 42.9 Å². The molecule has 3 atom stereocenters. The number of hydrogen-bond donors (Lipinski definition) is 2. The van der Waals surface area contributed by atoms with Crippen LogP contribution in [0.3, 0.4) is 0 Å². The maximum absolute atomic E-state index is 13.7. The normalized spacial score (nSPS) is 18.9. The van der Waals surface area contributed by atoms with E-state index in [9.17, 15) is 19.5 Å². The molecule has 0 saturated carbocycles. The lowest BCUT2D eigenvalue weighted by Crippen LogP contribution is -2.44. The first-order valence-corrected chi connectivity index (χ1v) is 22.0. The third-order valence-electron chi connectivity index (χ3n) is 11.4. The van der Waals surface area contributed by atoms with Gasteiger partial charge < -0.3 is 47.6 Å². The standard InChI is InChI=1S/C47H62N4O12/c1-6-36-37-26-35(11-12-41(37)48-44-38(36)28-51-42(44)27-40-39(45(51)53)29-63-46(54)47(40,55)7-2)62-30-43(52)50-49-32(5)33-9-8-10-34(25-33)61-24-23-60-22-21-59-20-19-58-18-17-57-16-15-56-14-13-31(3)4/h8-12,25-27,31,36,38,55H,6-7,13-24,28-30H2,1-5H3,(H,50,52)/b49-32+/t36?,38?,47-/m0/s1. The number of carbonyl (C=O) groups is 2. The van der Waals surface area contributed by atoms with Crippen molar-refractivity contribution in [2.45, 2.75) is 78.6 Å². The predicted molar refractivity (Wildman–Crippen MR) is 235 cm³/mol. The number of benzene rings is 2. The van der Waals surface area contributed by atoms with Gasteiger partial charge in [-0.3, -0.25) is 14.6 Å². The molecule has 3 aliphatic rings. The molecule has 16 nitrogen and oxygen atoms in total. The predicted octanol–water partition coefficient (Wildman–Crippen LogP) is 5.19. The van der Waals surface area contributed by atoms with E-state index in [1.807, 2.05) is 36.4 Å². The summed E-state index contributed by atoms with van der Waals surface area (Å²) >= 11 is 0. The molecule has 63 heavy (non-hydrogen) atoms. The van der Waals surface area contributed by atoms with Crippen LogP contribution in [0.5, 0.6) is 11.5 Å². The zero-order valence-electron chi connectivity index (χ0n) is 37.2. The molecule has 3 aromatic rings. The van der Waals surface area contributed by atoms with Gasteiger partial charge in [0.2, 0.25) is 0 Å².